The highest BCUT2D eigenvalue weighted by molar-refractivity contribution is 7.18. The lowest BCUT2D eigenvalue weighted by Crippen LogP contribution is -2.08. The number of hydrogen-bond donors (Lipinski definition) is 1. The molecule has 4 nitrogen and oxygen atoms in total. The van der Waals surface area contributed by atoms with Gasteiger partial charge >= 0.3 is 0 Å². The Labute approximate surface area is 131 Å². The van der Waals surface area contributed by atoms with Crippen LogP contribution in [0.2, 0.25) is 0 Å². The van der Waals surface area contributed by atoms with Crippen molar-refractivity contribution in [1.29, 1.82) is 0 Å². The number of ether oxygens (including phenoxy) is 1. The van der Waals surface area contributed by atoms with E-state index in [-0.39, 0.29) is 0 Å². The lowest BCUT2D eigenvalue weighted by molar-refractivity contribution is 0.0926. The summed E-state index contributed by atoms with van der Waals surface area (Å²) in [4.78, 5) is 11.7. The van der Waals surface area contributed by atoms with Gasteiger partial charge in [-0.1, -0.05) is 20.8 Å². The van der Waals surface area contributed by atoms with Crippen LogP contribution in [-0.2, 0) is 11.3 Å². The Bertz CT molecular complexity index is 607. The number of aryl methyl sites for hydroxylation is 2. The van der Waals surface area contributed by atoms with Gasteiger partial charge < -0.3 is 10.1 Å². The molecule has 0 aliphatic heterocycles. The normalized spacial score (nSPS) is 11.5. The first-order valence-electron chi connectivity index (χ1n) is 7.61. The first-order chi connectivity index (χ1) is 10.0. The average molecular weight is 307 g/mol. The van der Waals surface area contributed by atoms with Gasteiger partial charge in [-0.05, 0) is 31.7 Å². The van der Waals surface area contributed by atoms with Gasteiger partial charge in [0.25, 0.3) is 0 Å². The lowest BCUT2D eigenvalue weighted by Gasteiger charge is -2.10. The smallest absolute Gasteiger partial charge is 0.158 e. The van der Waals surface area contributed by atoms with Crippen LogP contribution in [0.3, 0.4) is 0 Å². The number of aromatic nitrogens is 2. The van der Waals surface area contributed by atoms with Crippen molar-refractivity contribution in [3.63, 3.8) is 0 Å². The number of fused-ring (bicyclic) bond motifs is 1. The zero-order valence-corrected chi connectivity index (χ0v) is 14.4. The molecular formula is C16H25N3OS. The second-order valence-corrected chi connectivity index (χ2v) is 6.99. The van der Waals surface area contributed by atoms with Gasteiger partial charge in [-0.25, -0.2) is 9.97 Å². The van der Waals surface area contributed by atoms with Gasteiger partial charge in [0, 0.05) is 18.0 Å². The number of anilines is 1. The van der Waals surface area contributed by atoms with E-state index < -0.39 is 0 Å². The van der Waals surface area contributed by atoms with Crippen molar-refractivity contribution >= 4 is 27.4 Å². The second kappa shape index (κ2) is 7.18. The second-order valence-electron chi connectivity index (χ2n) is 5.79. The highest BCUT2D eigenvalue weighted by Crippen LogP contribution is 2.33. The third-order valence-corrected chi connectivity index (χ3v) is 4.40. The van der Waals surface area contributed by atoms with Crippen LogP contribution in [0.1, 0.15) is 43.5 Å². The van der Waals surface area contributed by atoms with Crippen molar-refractivity contribution in [2.75, 3.05) is 18.5 Å². The number of nitrogens with zero attached hydrogens (tertiary/aromatic N) is 2. The van der Waals surface area contributed by atoms with Crippen LogP contribution in [-0.4, -0.2) is 23.1 Å². The van der Waals surface area contributed by atoms with E-state index in [0.717, 1.165) is 36.0 Å². The predicted molar refractivity (Wildman–Crippen MR) is 90.2 cm³/mol. The van der Waals surface area contributed by atoms with Gasteiger partial charge in [-0.3, -0.25) is 0 Å². The van der Waals surface area contributed by atoms with E-state index in [1.165, 1.54) is 15.8 Å². The molecule has 0 aliphatic carbocycles. The molecule has 2 aromatic heterocycles. The maximum atomic E-state index is 5.68. The van der Waals surface area contributed by atoms with Crippen LogP contribution in [0.5, 0.6) is 0 Å². The molecule has 2 aromatic rings. The van der Waals surface area contributed by atoms with E-state index in [2.05, 4.69) is 49.9 Å². The molecule has 2 rings (SSSR count). The molecule has 0 aromatic carbocycles. The first-order valence-corrected chi connectivity index (χ1v) is 8.42. The minimum absolute atomic E-state index is 0.477. The van der Waals surface area contributed by atoms with E-state index in [1.807, 2.05) is 0 Å². The Morgan fingerprint density at radius 1 is 1.24 bits per heavy atom. The maximum absolute atomic E-state index is 5.68. The molecule has 21 heavy (non-hydrogen) atoms. The Balaban J connectivity index is 2.30. The molecule has 0 aliphatic rings. The van der Waals surface area contributed by atoms with Crippen LogP contribution in [0.4, 0.5) is 5.82 Å². The van der Waals surface area contributed by atoms with E-state index in [4.69, 9.17) is 4.74 Å². The Hall–Kier alpha value is -1.20. The van der Waals surface area contributed by atoms with Gasteiger partial charge in [0.1, 0.15) is 17.3 Å². The number of nitrogens with one attached hydrogen (secondary N) is 1. The van der Waals surface area contributed by atoms with Crippen molar-refractivity contribution < 1.29 is 4.74 Å². The van der Waals surface area contributed by atoms with Crippen molar-refractivity contribution in [2.24, 2.45) is 5.92 Å². The summed E-state index contributed by atoms with van der Waals surface area (Å²) in [6.07, 6.45) is 1.08. The summed E-state index contributed by atoms with van der Waals surface area (Å²) in [7, 11) is 0. The zero-order chi connectivity index (χ0) is 15.4. The quantitative estimate of drug-likeness (QED) is 0.828. The fraction of sp³-hybridized carbons (Fsp3) is 0.625. The van der Waals surface area contributed by atoms with E-state index in [0.29, 0.717) is 12.5 Å². The van der Waals surface area contributed by atoms with E-state index >= 15 is 0 Å². The highest BCUT2D eigenvalue weighted by atomic mass is 32.1. The van der Waals surface area contributed by atoms with Gasteiger partial charge in [-0.2, -0.15) is 0 Å². The molecule has 0 bridgehead atoms. The molecule has 5 heteroatoms. The molecular weight excluding hydrogens is 282 g/mol. The van der Waals surface area contributed by atoms with Crippen LogP contribution in [0.15, 0.2) is 0 Å². The van der Waals surface area contributed by atoms with Crippen LogP contribution < -0.4 is 5.32 Å². The first kappa shape index (κ1) is 16.2. The van der Waals surface area contributed by atoms with Crippen LogP contribution in [0, 0.1) is 19.8 Å². The van der Waals surface area contributed by atoms with Crippen molar-refractivity contribution in [3.8, 4) is 0 Å². The largest absolute Gasteiger partial charge is 0.373 e. The van der Waals surface area contributed by atoms with Crippen molar-refractivity contribution in [2.45, 2.75) is 47.6 Å². The fourth-order valence-electron chi connectivity index (χ4n) is 2.12. The fourth-order valence-corrected chi connectivity index (χ4v) is 3.16. The van der Waals surface area contributed by atoms with Gasteiger partial charge in [-0.15, -0.1) is 11.3 Å². The van der Waals surface area contributed by atoms with Gasteiger partial charge in [0.15, 0.2) is 5.82 Å². The number of hydrogen-bond acceptors (Lipinski definition) is 5. The predicted octanol–water partition coefficient (Wildman–Crippen LogP) is 4.30. The number of rotatable bonds is 7. The van der Waals surface area contributed by atoms with Crippen molar-refractivity contribution in [1.82, 2.24) is 9.97 Å². The average Bonchev–Trinajstić information content (AvgIpc) is 2.71. The molecule has 2 heterocycles. The summed E-state index contributed by atoms with van der Waals surface area (Å²) in [6, 6.07) is 0. The van der Waals surface area contributed by atoms with Gasteiger partial charge in [0.2, 0.25) is 0 Å². The maximum Gasteiger partial charge on any atom is 0.158 e. The SMILES string of the molecule is CCCNc1nc(COCC(C)C)nc2sc(C)c(C)c12. The highest BCUT2D eigenvalue weighted by Gasteiger charge is 2.14. The lowest BCUT2D eigenvalue weighted by atomic mass is 10.2. The topological polar surface area (TPSA) is 47.0 Å². The molecule has 0 spiro atoms. The molecule has 0 fully saturated rings. The van der Waals surface area contributed by atoms with Crippen LogP contribution >= 0.6 is 11.3 Å². The summed E-state index contributed by atoms with van der Waals surface area (Å²) < 4.78 is 5.68. The molecule has 0 radical (unpaired) electrons. The molecule has 0 atom stereocenters. The zero-order valence-electron chi connectivity index (χ0n) is 13.6. The molecule has 0 unspecified atom stereocenters. The molecule has 0 amide bonds. The molecule has 0 saturated heterocycles. The summed E-state index contributed by atoms with van der Waals surface area (Å²) in [6.45, 7) is 12.9. The van der Waals surface area contributed by atoms with Gasteiger partial charge in [0.05, 0.1) is 5.39 Å². The summed E-state index contributed by atoms with van der Waals surface area (Å²) in [5.74, 6) is 2.24. The Morgan fingerprint density at radius 3 is 2.67 bits per heavy atom. The summed E-state index contributed by atoms with van der Waals surface area (Å²) >= 11 is 1.73. The summed E-state index contributed by atoms with van der Waals surface area (Å²) in [5, 5.41) is 4.60. The molecule has 116 valence electrons. The minimum atomic E-state index is 0.477. The van der Waals surface area contributed by atoms with E-state index in [9.17, 15) is 0 Å². The molecule has 1 N–H and O–H groups in total. The Morgan fingerprint density at radius 2 is 2.00 bits per heavy atom. The third-order valence-electron chi connectivity index (χ3n) is 3.30. The monoisotopic (exact) mass is 307 g/mol. The molecule has 0 saturated carbocycles. The van der Waals surface area contributed by atoms with Crippen LogP contribution in [0.25, 0.3) is 10.2 Å². The number of thiophene rings is 1. The minimum Gasteiger partial charge on any atom is -0.373 e. The Kier molecular flexibility index (Phi) is 5.53. The van der Waals surface area contributed by atoms with Crippen molar-refractivity contribution in [3.05, 3.63) is 16.3 Å². The third kappa shape index (κ3) is 3.92. The summed E-state index contributed by atoms with van der Waals surface area (Å²) in [5.41, 5.74) is 1.28. The van der Waals surface area contributed by atoms with E-state index in [1.54, 1.807) is 11.3 Å². The standard InChI is InChI=1S/C16H25N3OS/c1-6-7-17-15-14-11(4)12(5)21-16(14)19-13(18-15)9-20-8-10(2)3/h10H,6-9H2,1-5H3,(H,17,18,19).